The molecule has 1 unspecified atom stereocenters. The summed E-state index contributed by atoms with van der Waals surface area (Å²) in [6, 6.07) is 15.3. The molecule has 0 amide bonds. The molecule has 0 aliphatic carbocycles. The van der Waals surface area contributed by atoms with Gasteiger partial charge in [-0.1, -0.05) is 63.1 Å². The zero-order valence-electron chi connectivity index (χ0n) is 16.0. The molecular formula is C22H29NO4. The second-order valence-corrected chi connectivity index (χ2v) is 6.48. The Morgan fingerprint density at radius 1 is 0.926 bits per heavy atom. The number of benzene rings is 2. The fourth-order valence-corrected chi connectivity index (χ4v) is 3.07. The van der Waals surface area contributed by atoms with Gasteiger partial charge in [-0.2, -0.15) is 0 Å². The molecule has 146 valence electrons. The Hall–Kier alpha value is -2.66. The van der Waals surface area contributed by atoms with Gasteiger partial charge < -0.3 is 15.9 Å². The monoisotopic (exact) mass is 371 g/mol. The topological polar surface area (TPSA) is 101 Å². The highest BCUT2D eigenvalue weighted by Crippen LogP contribution is 2.29. The maximum atomic E-state index is 9.55. The lowest BCUT2D eigenvalue weighted by atomic mass is 9.86. The molecule has 0 heterocycles. The lowest BCUT2D eigenvalue weighted by molar-refractivity contribution is -0.134. The summed E-state index contributed by atoms with van der Waals surface area (Å²) in [7, 11) is 0. The van der Waals surface area contributed by atoms with Crippen molar-refractivity contribution in [1.82, 2.24) is 0 Å². The second kappa shape index (κ2) is 11.9. The normalized spacial score (nSPS) is 12.0. The minimum Gasteiger partial charge on any atom is -0.478 e. The Bertz CT molecular complexity index is 748. The number of rotatable bonds is 8. The third-order valence-electron chi connectivity index (χ3n) is 4.35. The maximum Gasteiger partial charge on any atom is 0.328 e. The van der Waals surface area contributed by atoms with Gasteiger partial charge in [-0.15, -0.1) is 0 Å². The SMILES string of the molecule is CCCC(CCC)C(N)c1ccc2ccccc2c1.O=C(O)C=CC(=O)O. The largest absolute Gasteiger partial charge is 0.478 e. The number of fused-ring (bicyclic) bond motifs is 1. The Morgan fingerprint density at radius 3 is 1.93 bits per heavy atom. The fraction of sp³-hybridized carbons (Fsp3) is 0.364. The molecule has 0 aliphatic rings. The number of nitrogens with two attached hydrogens (primary N) is 1. The summed E-state index contributed by atoms with van der Waals surface area (Å²) in [6.45, 7) is 4.49. The van der Waals surface area contributed by atoms with Crippen molar-refractivity contribution in [2.24, 2.45) is 11.7 Å². The third kappa shape index (κ3) is 8.05. The van der Waals surface area contributed by atoms with Crippen LogP contribution in [0.4, 0.5) is 0 Å². The molecule has 27 heavy (non-hydrogen) atoms. The summed E-state index contributed by atoms with van der Waals surface area (Å²) in [5.41, 5.74) is 7.79. The van der Waals surface area contributed by atoms with Gasteiger partial charge in [-0.25, -0.2) is 9.59 Å². The van der Waals surface area contributed by atoms with Crippen LogP contribution in [-0.2, 0) is 9.59 Å². The first kappa shape index (κ1) is 22.4. The van der Waals surface area contributed by atoms with Crippen LogP contribution in [0.15, 0.2) is 54.6 Å². The van der Waals surface area contributed by atoms with E-state index in [1.165, 1.54) is 42.0 Å². The van der Waals surface area contributed by atoms with E-state index in [1.54, 1.807) is 0 Å². The predicted molar refractivity (Wildman–Crippen MR) is 109 cm³/mol. The molecule has 0 bridgehead atoms. The Labute approximate surface area is 160 Å². The first-order valence-corrected chi connectivity index (χ1v) is 9.27. The van der Waals surface area contributed by atoms with Crippen molar-refractivity contribution in [1.29, 1.82) is 0 Å². The highest BCUT2D eigenvalue weighted by Gasteiger charge is 2.18. The zero-order valence-corrected chi connectivity index (χ0v) is 16.0. The molecule has 4 N–H and O–H groups in total. The van der Waals surface area contributed by atoms with Crippen LogP contribution < -0.4 is 5.73 Å². The standard InChI is InChI=1S/C18H25N.C4H4O4/c1-3-7-15(8-4-2)18(19)17-12-11-14-9-5-6-10-16(14)13-17;5-3(6)1-2-4(7)8/h5-6,9-13,15,18H,3-4,7-8,19H2,1-2H3;1-2H,(H,5,6)(H,7,8). The quantitative estimate of drug-likeness (QED) is 0.580. The van der Waals surface area contributed by atoms with Crippen molar-refractivity contribution in [2.45, 2.75) is 45.6 Å². The molecule has 0 saturated carbocycles. The summed E-state index contributed by atoms with van der Waals surface area (Å²) in [5.74, 6) is -1.91. The van der Waals surface area contributed by atoms with Gasteiger partial charge in [-0.3, -0.25) is 0 Å². The number of carboxylic acids is 2. The van der Waals surface area contributed by atoms with Gasteiger partial charge >= 0.3 is 11.9 Å². The Balaban J connectivity index is 0.000000387. The molecule has 0 radical (unpaired) electrons. The number of aliphatic carboxylic acids is 2. The van der Waals surface area contributed by atoms with Crippen molar-refractivity contribution >= 4 is 22.7 Å². The van der Waals surface area contributed by atoms with Crippen LogP contribution in [0.3, 0.4) is 0 Å². The first-order valence-electron chi connectivity index (χ1n) is 9.27. The molecular weight excluding hydrogens is 342 g/mol. The smallest absolute Gasteiger partial charge is 0.328 e. The highest BCUT2D eigenvalue weighted by molar-refractivity contribution is 5.89. The van der Waals surface area contributed by atoms with Crippen LogP contribution >= 0.6 is 0 Å². The maximum absolute atomic E-state index is 9.55. The summed E-state index contributed by atoms with van der Waals surface area (Å²) < 4.78 is 0. The van der Waals surface area contributed by atoms with E-state index >= 15 is 0 Å². The van der Waals surface area contributed by atoms with Crippen LogP contribution in [-0.4, -0.2) is 22.2 Å². The van der Waals surface area contributed by atoms with Gasteiger partial charge in [0.05, 0.1) is 0 Å². The summed E-state index contributed by atoms with van der Waals surface area (Å²) in [5, 5.41) is 18.2. The van der Waals surface area contributed by atoms with Crippen molar-refractivity contribution in [3.63, 3.8) is 0 Å². The molecule has 2 rings (SSSR count). The molecule has 0 spiro atoms. The Morgan fingerprint density at radius 2 is 1.44 bits per heavy atom. The molecule has 5 heteroatoms. The van der Waals surface area contributed by atoms with E-state index in [0.29, 0.717) is 18.1 Å². The molecule has 2 aromatic rings. The number of carboxylic acid groups (broad SMARTS) is 2. The van der Waals surface area contributed by atoms with Crippen molar-refractivity contribution in [3.8, 4) is 0 Å². The molecule has 1 atom stereocenters. The summed E-state index contributed by atoms with van der Waals surface area (Å²) in [6.07, 6.45) is 5.99. The van der Waals surface area contributed by atoms with E-state index in [4.69, 9.17) is 15.9 Å². The minimum atomic E-state index is -1.26. The van der Waals surface area contributed by atoms with E-state index in [2.05, 4.69) is 56.3 Å². The average Bonchev–Trinajstić information content (AvgIpc) is 2.66. The highest BCUT2D eigenvalue weighted by atomic mass is 16.4. The number of hydrogen-bond donors (Lipinski definition) is 3. The third-order valence-corrected chi connectivity index (χ3v) is 4.35. The van der Waals surface area contributed by atoms with Crippen LogP contribution in [0.1, 0.15) is 51.1 Å². The van der Waals surface area contributed by atoms with Gasteiger partial charge in [0.1, 0.15) is 0 Å². The van der Waals surface area contributed by atoms with Gasteiger partial charge in [0, 0.05) is 18.2 Å². The molecule has 0 saturated heterocycles. The second-order valence-electron chi connectivity index (χ2n) is 6.48. The van der Waals surface area contributed by atoms with Gasteiger partial charge in [0.2, 0.25) is 0 Å². The fourth-order valence-electron chi connectivity index (χ4n) is 3.07. The molecule has 2 aromatic carbocycles. The van der Waals surface area contributed by atoms with Gasteiger partial charge in [0.25, 0.3) is 0 Å². The number of carbonyl (C=O) groups is 2. The van der Waals surface area contributed by atoms with E-state index in [-0.39, 0.29) is 6.04 Å². The van der Waals surface area contributed by atoms with Crippen LogP contribution in [0.25, 0.3) is 10.8 Å². The van der Waals surface area contributed by atoms with Crippen LogP contribution in [0.5, 0.6) is 0 Å². The van der Waals surface area contributed by atoms with Gasteiger partial charge in [-0.05, 0) is 41.2 Å². The molecule has 0 aromatic heterocycles. The predicted octanol–water partition coefficient (Wildman–Crippen LogP) is 4.77. The van der Waals surface area contributed by atoms with E-state index in [0.717, 1.165) is 0 Å². The lowest BCUT2D eigenvalue weighted by Crippen LogP contribution is -2.21. The zero-order chi connectivity index (χ0) is 20.2. The van der Waals surface area contributed by atoms with Crippen molar-refractivity contribution in [2.75, 3.05) is 0 Å². The van der Waals surface area contributed by atoms with E-state index in [9.17, 15) is 9.59 Å². The first-order chi connectivity index (χ1) is 12.9. The Kier molecular flexibility index (Phi) is 9.83. The van der Waals surface area contributed by atoms with Crippen LogP contribution in [0, 0.1) is 5.92 Å². The molecule has 0 fully saturated rings. The average molecular weight is 371 g/mol. The lowest BCUT2D eigenvalue weighted by Gasteiger charge is -2.24. The van der Waals surface area contributed by atoms with E-state index < -0.39 is 11.9 Å². The molecule has 0 aliphatic heterocycles. The van der Waals surface area contributed by atoms with Gasteiger partial charge in [0.15, 0.2) is 0 Å². The van der Waals surface area contributed by atoms with Crippen molar-refractivity contribution < 1.29 is 19.8 Å². The van der Waals surface area contributed by atoms with E-state index in [1.807, 2.05) is 0 Å². The molecule has 5 nitrogen and oxygen atoms in total. The van der Waals surface area contributed by atoms with Crippen LogP contribution in [0.2, 0.25) is 0 Å². The number of hydrogen-bond acceptors (Lipinski definition) is 3. The van der Waals surface area contributed by atoms with Crippen molar-refractivity contribution in [3.05, 3.63) is 60.2 Å². The summed E-state index contributed by atoms with van der Waals surface area (Å²) >= 11 is 0. The summed E-state index contributed by atoms with van der Waals surface area (Å²) in [4.78, 5) is 19.1. The minimum absolute atomic E-state index is 0.171.